The van der Waals surface area contributed by atoms with Crippen LogP contribution in [0.15, 0.2) is 18.2 Å². The van der Waals surface area contributed by atoms with Gasteiger partial charge in [-0.1, -0.05) is 6.07 Å². The van der Waals surface area contributed by atoms with Crippen molar-refractivity contribution in [3.63, 3.8) is 0 Å². The molecule has 17 heavy (non-hydrogen) atoms. The lowest BCUT2D eigenvalue weighted by atomic mass is 10.0. The molecule has 0 saturated heterocycles. The van der Waals surface area contributed by atoms with Crippen molar-refractivity contribution in [2.24, 2.45) is 5.73 Å². The fourth-order valence-electron chi connectivity index (χ4n) is 1.52. The molecule has 3 nitrogen and oxygen atoms in total. The van der Waals surface area contributed by atoms with E-state index in [1.54, 1.807) is 18.2 Å². The lowest BCUT2D eigenvalue weighted by Gasteiger charge is -2.15. The van der Waals surface area contributed by atoms with Crippen molar-refractivity contribution in [2.75, 3.05) is 13.7 Å². The SMILES string of the molecule is CCOc1cc([C@H](N)CC(F)F)ccc1OC. The maximum absolute atomic E-state index is 12.2. The summed E-state index contributed by atoms with van der Waals surface area (Å²) in [5.74, 6) is 1.09. The molecule has 1 aromatic carbocycles. The summed E-state index contributed by atoms with van der Waals surface area (Å²) in [6.45, 7) is 2.31. The van der Waals surface area contributed by atoms with Gasteiger partial charge in [0.05, 0.1) is 13.7 Å². The van der Waals surface area contributed by atoms with Gasteiger partial charge in [0, 0.05) is 12.5 Å². The van der Waals surface area contributed by atoms with E-state index in [9.17, 15) is 8.78 Å². The molecular weight excluding hydrogens is 228 g/mol. The minimum absolute atomic E-state index is 0.363. The van der Waals surface area contributed by atoms with Crippen LogP contribution in [0.1, 0.15) is 24.9 Å². The van der Waals surface area contributed by atoms with Gasteiger partial charge >= 0.3 is 0 Å². The van der Waals surface area contributed by atoms with Gasteiger partial charge in [0.1, 0.15) is 0 Å². The molecule has 0 saturated carbocycles. The van der Waals surface area contributed by atoms with Gasteiger partial charge in [0.2, 0.25) is 6.43 Å². The molecule has 96 valence electrons. The maximum atomic E-state index is 12.2. The van der Waals surface area contributed by atoms with E-state index in [1.165, 1.54) is 7.11 Å². The predicted molar refractivity (Wildman–Crippen MR) is 61.7 cm³/mol. The smallest absolute Gasteiger partial charge is 0.240 e. The Morgan fingerprint density at radius 1 is 1.29 bits per heavy atom. The second-order valence-electron chi connectivity index (χ2n) is 3.58. The minimum Gasteiger partial charge on any atom is -0.493 e. The molecule has 0 aliphatic rings. The van der Waals surface area contributed by atoms with Gasteiger partial charge in [-0.2, -0.15) is 0 Å². The number of benzene rings is 1. The van der Waals surface area contributed by atoms with Crippen LogP contribution in [-0.4, -0.2) is 20.1 Å². The third-order valence-electron chi connectivity index (χ3n) is 2.35. The van der Waals surface area contributed by atoms with Crippen LogP contribution in [0.2, 0.25) is 0 Å². The number of alkyl halides is 2. The highest BCUT2D eigenvalue weighted by molar-refractivity contribution is 5.43. The van der Waals surface area contributed by atoms with Crippen LogP contribution >= 0.6 is 0 Å². The van der Waals surface area contributed by atoms with E-state index in [0.29, 0.717) is 23.7 Å². The number of hydrogen-bond donors (Lipinski definition) is 1. The van der Waals surface area contributed by atoms with Gasteiger partial charge in [0.15, 0.2) is 11.5 Å². The van der Waals surface area contributed by atoms with Crippen LogP contribution in [0, 0.1) is 0 Å². The quantitative estimate of drug-likeness (QED) is 0.838. The highest BCUT2D eigenvalue weighted by Gasteiger charge is 2.15. The third kappa shape index (κ3) is 3.85. The Hall–Kier alpha value is -1.36. The summed E-state index contributed by atoms with van der Waals surface area (Å²) in [6.07, 6.45) is -2.78. The third-order valence-corrected chi connectivity index (χ3v) is 2.35. The first-order valence-corrected chi connectivity index (χ1v) is 5.43. The maximum Gasteiger partial charge on any atom is 0.240 e. The zero-order chi connectivity index (χ0) is 12.8. The average molecular weight is 245 g/mol. The van der Waals surface area contributed by atoms with E-state index in [-0.39, 0.29) is 6.42 Å². The van der Waals surface area contributed by atoms with Crippen molar-refractivity contribution in [1.29, 1.82) is 0 Å². The van der Waals surface area contributed by atoms with Crippen LogP contribution in [0.5, 0.6) is 11.5 Å². The first-order chi connectivity index (χ1) is 8.08. The molecule has 5 heteroatoms. The van der Waals surface area contributed by atoms with E-state index in [1.807, 2.05) is 6.92 Å². The number of methoxy groups -OCH3 is 1. The largest absolute Gasteiger partial charge is 0.493 e. The predicted octanol–water partition coefficient (Wildman–Crippen LogP) is 2.75. The van der Waals surface area contributed by atoms with Crippen LogP contribution in [-0.2, 0) is 0 Å². The van der Waals surface area contributed by atoms with E-state index in [0.717, 1.165) is 0 Å². The number of ether oxygens (including phenoxy) is 2. The first-order valence-electron chi connectivity index (χ1n) is 5.43. The van der Waals surface area contributed by atoms with Crippen molar-refractivity contribution in [3.05, 3.63) is 23.8 Å². The van der Waals surface area contributed by atoms with Gasteiger partial charge in [-0.25, -0.2) is 8.78 Å². The molecule has 1 rings (SSSR count). The summed E-state index contributed by atoms with van der Waals surface area (Å²) in [7, 11) is 1.52. The summed E-state index contributed by atoms with van der Waals surface area (Å²) in [6, 6.07) is 4.30. The van der Waals surface area contributed by atoms with Gasteiger partial charge in [-0.15, -0.1) is 0 Å². The summed E-state index contributed by atoms with van der Waals surface area (Å²) >= 11 is 0. The molecule has 1 atom stereocenters. The Morgan fingerprint density at radius 3 is 2.53 bits per heavy atom. The molecule has 0 bridgehead atoms. The van der Waals surface area contributed by atoms with Crippen LogP contribution in [0.4, 0.5) is 8.78 Å². The molecule has 1 aromatic rings. The molecule has 0 aromatic heterocycles. The van der Waals surface area contributed by atoms with E-state index >= 15 is 0 Å². The molecule has 0 fully saturated rings. The fraction of sp³-hybridized carbons (Fsp3) is 0.500. The molecule has 0 unspecified atom stereocenters. The zero-order valence-electron chi connectivity index (χ0n) is 9.95. The molecule has 0 heterocycles. The number of nitrogens with two attached hydrogens (primary N) is 1. The Balaban J connectivity index is 2.90. The topological polar surface area (TPSA) is 44.5 Å². The van der Waals surface area contributed by atoms with Gasteiger partial charge < -0.3 is 15.2 Å². The fourth-order valence-corrected chi connectivity index (χ4v) is 1.52. The number of rotatable bonds is 6. The Morgan fingerprint density at radius 2 is 2.00 bits per heavy atom. The summed E-state index contributed by atoms with van der Waals surface area (Å²) in [4.78, 5) is 0. The number of hydrogen-bond acceptors (Lipinski definition) is 3. The van der Waals surface area contributed by atoms with Crippen LogP contribution < -0.4 is 15.2 Å². The van der Waals surface area contributed by atoms with E-state index < -0.39 is 12.5 Å². The Bertz CT molecular complexity index is 358. The highest BCUT2D eigenvalue weighted by atomic mass is 19.3. The highest BCUT2D eigenvalue weighted by Crippen LogP contribution is 2.31. The van der Waals surface area contributed by atoms with Crippen molar-refractivity contribution in [3.8, 4) is 11.5 Å². The summed E-state index contributed by atoms with van der Waals surface area (Å²) in [5, 5.41) is 0. The standard InChI is InChI=1S/C12H17F2NO2/c1-3-17-11-6-8(4-5-10(11)16-2)9(15)7-12(13)14/h4-6,9,12H,3,7,15H2,1-2H3/t9-/m1/s1. The number of halogens is 2. The van der Waals surface area contributed by atoms with Crippen LogP contribution in [0.3, 0.4) is 0 Å². The molecule has 0 aliphatic heterocycles. The van der Waals surface area contributed by atoms with Crippen molar-refractivity contribution < 1.29 is 18.3 Å². The first kappa shape index (κ1) is 13.7. The summed E-state index contributed by atoms with van der Waals surface area (Å²) < 4.78 is 34.9. The average Bonchev–Trinajstić information content (AvgIpc) is 2.28. The van der Waals surface area contributed by atoms with Crippen LogP contribution in [0.25, 0.3) is 0 Å². The lowest BCUT2D eigenvalue weighted by Crippen LogP contribution is -2.14. The summed E-state index contributed by atoms with van der Waals surface area (Å²) in [5.41, 5.74) is 6.30. The second-order valence-corrected chi connectivity index (χ2v) is 3.58. The Labute approximate surface area is 99.5 Å². The monoisotopic (exact) mass is 245 g/mol. The zero-order valence-corrected chi connectivity index (χ0v) is 9.95. The molecule has 0 amide bonds. The molecule has 0 radical (unpaired) electrons. The lowest BCUT2D eigenvalue weighted by molar-refractivity contribution is 0.128. The molecule has 0 spiro atoms. The van der Waals surface area contributed by atoms with Crippen molar-refractivity contribution >= 4 is 0 Å². The van der Waals surface area contributed by atoms with Crippen molar-refractivity contribution in [1.82, 2.24) is 0 Å². The van der Waals surface area contributed by atoms with Crippen molar-refractivity contribution in [2.45, 2.75) is 25.8 Å². The molecule has 2 N–H and O–H groups in total. The van der Waals surface area contributed by atoms with Gasteiger partial charge in [-0.05, 0) is 24.6 Å². The minimum atomic E-state index is -2.41. The normalized spacial score (nSPS) is 12.6. The second kappa shape index (κ2) is 6.39. The Kier molecular flexibility index (Phi) is 5.15. The van der Waals surface area contributed by atoms with Gasteiger partial charge in [-0.3, -0.25) is 0 Å². The molecule has 0 aliphatic carbocycles. The van der Waals surface area contributed by atoms with E-state index in [2.05, 4.69) is 0 Å². The van der Waals surface area contributed by atoms with Gasteiger partial charge in [0.25, 0.3) is 0 Å². The van der Waals surface area contributed by atoms with E-state index in [4.69, 9.17) is 15.2 Å². The molecular formula is C12H17F2NO2.